The van der Waals surface area contributed by atoms with Crippen molar-refractivity contribution >= 4 is 28.6 Å². The van der Waals surface area contributed by atoms with Gasteiger partial charge in [0.15, 0.2) is 0 Å². The van der Waals surface area contributed by atoms with E-state index in [1.165, 1.54) is 0 Å². The summed E-state index contributed by atoms with van der Waals surface area (Å²) in [7, 11) is 1.56. The molecule has 5 rings (SSSR count). The van der Waals surface area contributed by atoms with Crippen molar-refractivity contribution in [1.29, 1.82) is 5.26 Å². The summed E-state index contributed by atoms with van der Waals surface area (Å²) in [6.45, 7) is 2.27. The van der Waals surface area contributed by atoms with Crippen molar-refractivity contribution in [3.8, 4) is 11.8 Å². The Morgan fingerprint density at radius 2 is 2.13 bits per heavy atom. The fourth-order valence-electron chi connectivity index (χ4n) is 3.85. The Balaban J connectivity index is 1.45. The molecular formula is C22H22N6O3. The molecule has 3 aromatic rings. The van der Waals surface area contributed by atoms with Gasteiger partial charge in [0.25, 0.3) is 5.91 Å². The Kier molecular flexibility index (Phi) is 4.92. The van der Waals surface area contributed by atoms with Gasteiger partial charge in [-0.1, -0.05) is 0 Å². The molecule has 2 fully saturated rings. The van der Waals surface area contributed by atoms with Gasteiger partial charge in [-0.3, -0.25) is 4.79 Å². The molecule has 2 N–H and O–H groups in total. The van der Waals surface area contributed by atoms with Crippen LogP contribution in [0.25, 0.3) is 11.0 Å². The summed E-state index contributed by atoms with van der Waals surface area (Å²) < 4.78 is 10.9. The summed E-state index contributed by atoms with van der Waals surface area (Å²) in [5.74, 6) is 1.26. The van der Waals surface area contributed by atoms with E-state index in [-0.39, 0.29) is 5.91 Å². The summed E-state index contributed by atoms with van der Waals surface area (Å²) in [5, 5.41) is 13.4. The second-order valence-corrected chi connectivity index (χ2v) is 7.69. The third kappa shape index (κ3) is 3.66. The lowest BCUT2D eigenvalue weighted by atomic mass is 10.1. The molecule has 2 aliphatic rings. The quantitative estimate of drug-likeness (QED) is 0.654. The second-order valence-electron chi connectivity index (χ2n) is 7.69. The van der Waals surface area contributed by atoms with Crippen LogP contribution < -0.4 is 10.1 Å². The minimum atomic E-state index is -0.0442. The molecule has 0 radical (unpaired) electrons. The number of benzene rings is 1. The molecule has 1 saturated carbocycles. The molecule has 9 nitrogen and oxygen atoms in total. The number of carbonyl (C=O) groups excluding carboxylic acids is 1. The van der Waals surface area contributed by atoms with Gasteiger partial charge in [-0.05, 0) is 31.0 Å². The number of amides is 1. The van der Waals surface area contributed by atoms with E-state index in [1.807, 2.05) is 0 Å². The number of ether oxygens (including phenoxy) is 2. The minimum absolute atomic E-state index is 0.0442. The van der Waals surface area contributed by atoms with Crippen LogP contribution in [-0.2, 0) is 4.74 Å². The normalized spacial score (nSPS) is 16.2. The molecule has 3 heterocycles. The van der Waals surface area contributed by atoms with Crippen LogP contribution >= 0.6 is 0 Å². The van der Waals surface area contributed by atoms with E-state index < -0.39 is 0 Å². The van der Waals surface area contributed by atoms with Crippen LogP contribution in [0.5, 0.6) is 5.75 Å². The van der Waals surface area contributed by atoms with Gasteiger partial charge in [0.05, 0.1) is 42.7 Å². The Morgan fingerprint density at radius 3 is 2.84 bits per heavy atom. The number of fused-ring (bicyclic) bond motifs is 1. The number of anilines is 2. The van der Waals surface area contributed by atoms with Crippen LogP contribution in [0.1, 0.15) is 40.4 Å². The average Bonchev–Trinajstić information content (AvgIpc) is 3.58. The summed E-state index contributed by atoms with van der Waals surface area (Å²) in [4.78, 5) is 26.9. The number of hydrogen-bond donors (Lipinski definition) is 2. The van der Waals surface area contributed by atoms with Crippen molar-refractivity contribution in [2.24, 2.45) is 0 Å². The number of carbonyl (C=O) groups is 1. The van der Waals surface area contributed by atoms with E-state index >= 15 is 0 Å². The average molecular weight is 418 g/mol. The zero-order valence-corrected chi connectivity index (χ0v) is 17.1. The van der Waals surface area contributed by atoms with Crippen LogP contribution in [0, 0.1) is 11.3 Å². The maximum absolute atomic E-state index is 12.8. The Bertz CT molecular complexity index is 1190. The highest BCUT2D eigenvalue weighted by atomic mass is 16.5. The fraction of sp³-hybridized carbons (Fsp3) is 0.364. The molecule has 2 aromatic heterocycles. The zero-order valence-electron chi connectivity index (χ0n) is 17.1. The molecule has 158 valence electrons. The van der Waals surface area contributed by atoms with E-state index in [1.54, 1.807) is 36.4 Å². The van der Waals surface area contributed by atoms with Crippen molar-refractivity contribution < 1.29 is 14.3 Å². The number of H-pyrrole nitrogens is 1. The van der Waals surface area contributed by atoms with E-state index in [0.29, 0.717) is 66.4 Å². The van der Waals surface area contributed by atoms with Gasteiger partial charge < -0.3 is 24.7 Å². The van der Waals surface area contributed by atoms with E-state index in [4.69, 9.17) is 14.5 Å². The van der Waals surface area contributed by atoms with Gasteiger partial charge in [0.2, 0.25) is 5.95 Å². The highest BCUT2D eigenvalue weighted by Gasteiger charge is 2.30. The Labute approximate surface area is 179 Å². The lowest BCUT2D eigenvalue weighted by molar-refractivity contribution is 0.0302. The van der Waals surface area contributed by atoms with Crippen molar-refractivity contribution in [2.75, 3.05) is 38.7 Å². The van der Waals surface area contributed by atoms with Crippen LogP contribution in [0.15, 0.2) is 24.4 Å². The highest BCUT2D eigenvalue weighted by molar-refractivity contribution is 5.95. The van der Waals surface area contributed by atoms with Crippen molar-refractivity contribution in [3.63, 3.8) is 0 Å². The monoisotopic (exact) mass is 418 g/mol. The molecule has 1 saturated heterocycles. The Hall–Kier alpha value is -3.64. The first-order valence-electron chi connectivity index (χ1n) is 10.3. The smallest absolute Gasteiger partial charge is 0.254 e. The van der Waals surface area contributed by atoms with E-state index in [9.17, 15) is 10.1 Å². The first kappa shape index (κ1) is 19.3. The topological polar surface area (TPSA) is 116 Å². The molecular weight excluding hydrogens is 396 g/mol. The Morgan fingerprint density at radius 1 is 1.32 bits per heavy atom. The van der Waals surface area contributed by atoms with E-state index in [2.05, 4.69) is 21.4 Å². The minimum Gasteiger partial charge on any atom is -0.495 e. The van der Waals surface area contributed by atoms with Gasteiger partial charge in [0, 0.05) is 30.8 Å². The van der Waals surface area contributed by atoms with Gasteiger partial charge in [-0.25, -0.2) is 4.98 Å². The molecule has 0 atom stereocenters. The lowest BCUT2D eigenvalue weighted by Gasteiger charge is -2.27. The number of methoxy groups -OCH3 is 1. The fourth-order valence-corrected chi connectivity index (χ4v) is 3.85. The zero-order chi connectivity index (χ0) is 21.4. The molecule has 0 unspecified atom stereocenters. The predicted molar refractivity (Wildman–Crippen MR) is 114 cm³/mol. The SMILES string of the molecule is COc1cc(C(=O)N2CCOCC2)ccc1Nc1nc(C2CC2)c2c(C#N)c[nH]c2n1. The molecule has 1 aliphatic heterocycles. The molecule has 31 heavy (non-hydrogen) atoms. The second kappa shape index (κ2) is 7.89. The molecule has 1 amide bonds. The van der Waals surface area contributed by atoms with Crippen molar-refractivity contribution in [2.45, 2.75) is 18.8 Å². The van der Waals surface area contributed by atoms with Crippen LogP contribution in [0.4, 0.5) is 11.6 Å². The largest absolute Gasteiger partial charge is 0.495 e. The van der Waals surface area contributed by atoms with Gasteiger partial charge in [-0.15, -0.1) is 0 Å². The maximum Gasteiger partial charge on any atom is 0.254 e. The maximum atomic E-state index is 12.8. The number of rotatable bonds is 5. The van der Waals surface area contributed by atoms with Gasteiger partial charge in [0.1, 0.15) is 17.5 Å². The molecule has 0 spiro atoms. The van der Waals surface area contributed by atoms with Crippen LogP contribution in [-0.4, -0.2) is 59.2 Å². The molecule has 9 heteroatoms. The number of hydrogen-bond acceptors (Lipinski definition) is 7. The van der Waals surface area contributed by atoms with Crippen LogP contribution in [0.2, 0.25) is 0 Å². The number of nitrogens with one attached hydrogen (secondary N) is 2. The summed E-state index contributed by atoms with van der Waals surface area (Å²) in [6.07, 6.45) is 3.79. The standard InChI is InChI=1S/C22H22N6O3/c1-30-17-10-14(21(29)28-6-8-31-9-7-28)4-5-16(17)25-22-26-19(13-2-3-13)18-15(11-23)12-24-20(18)27-22/h4-5,10,12-13H,2-3,6-9H2,1H3,(H2,24,25,26,27). The summed E-state index contributed by atoms with van der Waals surface area (Å²) in [5.41, 5.74) is 3.31. The molecule has 0 bridgehead atoms. The van der Waals surface area contributed by atoms with Gasteiger partial charge in [-0.2, -0.15) is 10.2 Å². The first-order valence-corrected chi connectivity index (χ1v) is 10.3. The summed E-state index contributed by atoms with van der Waals surface area (Å²) >= 11 is 0. The number of morpholine rings is 1. The predicted octanol–water partition coefficient (Wildman–Crippen LogP) is 2.93. The number of aromatic nitrogens is 3. The molecule has 1 aromatic carbocycles. The number of nitriles is 1. The number of nitrogens with zero attached hydrogens (tertiary/aromatic N) is 4. The lowest BCUT2D eigenvalue weighted by Crippen LogP contribution is -2.40. The first-order chi connectivity index (χ1) is 15.2. The molecule has 1 aliphatic carbocycles. The third-order valence-electron chi connectivity index (χ3n) is 5.64. The summed E-state index contributed by atoms with van der Waals surface area (Å²) in [6, 6.07) is 7.50. The highest BCUT2D eigenvalue weighted by Crippen LogP contribution is 2.43. The van der Waals surface area contributed by atoms with Crippen molar-refractivity contribution in [1.82, 2.24) is 19.9 Å². The third-order valence-corrected chi connectivity index (χ3v) is 5.64. The van der Waals surface area contributed by atoms with E-state index in [0.717, 1.165) is 23.9 Å². The van der Waals surface area contributed by atoms with Crippen molar-refractivity contribution in [3.05, 3.63) is 41.2 Å². The van der Waals surface area contributed by atoms with Crippen LogP contribution in [0.3, 0.4) is 0 Å². The number of aromatic amines is 1. The van der Waals surface area contributed by atoms with Gasteiger partial charge >= 0.3 is 0 Å².